The number of hydrogen-bond acceptors (Lipinski definition) is 6. The van der Waals surface area contributed by atoms with Crippen molar-refractivity contribution in [2.24, 2.45) is 5.92 Å². The number of aromatic nitrogens is 2. The van der Waals surface area contributed by atoms with E-state index in [1.807, 2.05) is 12.1 Å². The minimum absolute atomic E-state index is 0.0273. The molecule has 0 saturated heterocycles. The van der Waals surface area contributed by atoms with Crippen molar-refractivity contribution in [3.8, 4) is 0 Å². The largest absolute Gasteiger partial charge is 0.396 e. The van der Waals surface area contributed by atoms with E-state index >= 15 is 0 Å². The average Bonchev–Trinajstić information content (AvgIpc) is 3.59. The van der Waals surface area contributed by atoms with E-state index in [1.54, 1.807) is 41.2 Å². The Kier molecular flexibility index (Phi) is 9.99. The smallest absolute Gasteiger partial charge is 0.251 e. The number of carbonyl (C=O) groups excluding carboxylic acids is 2. The highest BCUT2D eigenvalue weighted by molar-refractivity contribution is 7.90. The van der Waals surface area contributed by atoms with Crippen LogP contribution in [0.2, 0.25) is 5.02 Å². The Morgan fingerprint density at radius 3 is 2.50 bits per heavy atom. The first-order valence-electron chi connectivity index (χ1n) is 13.5. The van der Waals surface area contributed by atoms with E-state index in [1.165, 1.54) is 6.07 Å². The maximum Gasteiger partial charge on any atom is 0.251 e. The van der Waals surface area contributed by atoms with E-state index in [9.17, 15) is 18.0 Å². The standard InChI is InChI=1S/C29H35ClN4O5S/c1-40(38,39)26-12-11-23(18-25(26)30)24(17-20-5-2-3-6-20)29(37)32-27-13-15-34(33-27)19-21-7-9-22(10-8-21)28(36)31-14-4-16-35/h7-13,15,18,20,24,35H,2-6,14,16-17,19H2,1H3,(H,31,36)(H,32,33,37). The van der Waals surface area contributed by atoms with Crippen LogP contribution in [0.1, 0.15) is 65.9 Å². The second kappa shape index (κ2) is 13.4. The molecule has 3 aromatic rings. The third-order valence-corrected chi connectivity index (χ3v) is 8.77. The second-order valence-electron chi connectivity index (χ2n) is 10.3. The van der Waals surface area contributed by atoms with Crippen LogP contribution in [0.5, 0.6) is 0 Å². The zero-order valence-electron chi connectivity index (χ0n) is 22.5. The quantitative estimate of drug-likeness (QED) is 0.270. The number of aliphatic hydroxyl groups excluding tert-OH is 1. The van der Waals surface area contributed by atoms with Crippen molar-refractivity contribution in [1.29, 1.82) is 0 Å². The molecule has 2 amide bonds. The number of carbonyl (C=O) groups is 2. The highest BCUT2D eigenvalue weighted by atomic mass is 35.5. The second-order valence-corrected chi connectivity index (χ2v) is 12.7. The van der Waals surface area contributed by atoms with Crippen molar-refractivity contribution >= 4 is 39.1 Å². The number of amides is 2. The molecule has 1 fully saturated rings. The van der Waals surface area contributed by atoms with Crippen LogP contribution in [0.25, 0.3) is 0 Å². The van der Waals surface area contributed by atoms with Gasteiger partial charge >= 0.3 is 0 Å². The third-order valence-electron chi connectivity index (χ3n) is 7.19. The maximum atomic E-state index is 13.5. The molecule has 4 rings (SSSR count). The summed E-state index contributed by atoms with van der Waals surface area (Å²) < 4.78 is 25.7. The molecule has 0 aliphatic heterocycles. The van der Waals surface area contributed by atoms with E-state index in [-0.39, 0.29) is 28.3 Å². The van der Waals surface area contributed by atoms with E-state index in [0.29, 0.717) is 48.8 Å². The Bertz CT molecular complexity index is 1430. The van der Waals surface area contributed by atoms with Gasteiger partial charge in [-0.05, 0) is 54.2 Å². The van der Waals surface area contributed by atoms with Crippen molar-refractivity contribution in [3.05, 3.63) is 76.4 Å². The first-order valence-corrected chi connectivity index (χ1v) is 15.7. The zero-order chi connectivity index (χ0) is 28.7. The van der Waals surface area contributed by atoms with Crippen molar-refractivity contribution in [3.63, 3.8) is 0 Å². The number of sulfone groups is 1. The lowest BCUT2D eigenvalue weighted by Crippen LogP contribution is -2.24. The molecule has 1 heterocycles. The summed E-state index contributed by atoms with van der Waals surface area (Å²) in [5.41, 5.74) is 2.16. The summed E-state index contributed by atoms with van der Waals surface area (Å²) in [4.78, 5) is 25.7. The predicted octanol–water partition coefficient (Wildman–Crippen LogP) is 4.40. The van der Waals surface area contributed by atoms with Crippen LogP contribution >= 0.6 is 11.6 Å². The Morgan fingerprint density at radius 1 is 1.12 bits per heavy atom. The monoisotopic (exact) mass is 586 g/mol. The molecule has 214 valence electrons. The molecule has 2 aromatic carbocycles. The molecule has 1 saturated carbocycles. The molecule has 11 heteroatoms. The van der Waals surface area contributed by atoms with Crippen molar-refractivity contribution < 1.29 is 23.1 Å². The first kappa shape index (κ1) is 29.8. The number of nitrogens with one attached hydrogen (secondary N) is 2. The Morgan fingerprint density at radius 2 is 1.85 bits per heavy atom. The summed E-state index contributed by atoms with van der Waals surface area (Å²) in [5, 5.41) is 19.2. The van der Waals surface area contributed by atoms with Gasteiger partial charge in [0.1, 0.15) is 0 Å². The Labute approximate surface area is 239 Å². The van der Waals surface area contributed by atoms with E-state index in [4.69, 9.17) is 16.7 Å². The minimum Gasteiger partial charge on any atom is -0.396 e. The summed E-state index contributed by atoms with van der Waals surface area (Å²) in [6.45, 7) is 0.898. The summed E-state index contributed by atoms with van der Waals surface area (Å²) in [6, 6.07) is 13.6. The number of nitrogens with zero attached hydrogens (tertiary/aromatic N) is 2. The van der Waals surface area contributed by atoms with Gasteiger partial charge in [-0.15, -0.1) is 0 Å². The number of aliphatic hydroxyl groups is 1. The van der Waals surface area contributed by atoms with Gasteiger partial charge < -0.3 is 15.7 Å². The van der Waals surface area contributed by atoms with Crippen LogP contribution in [0.3, 0.4) is 0 Å². The van der Waals surface area contributed by atoms with Crippen LogP contribution in [0.15, 0.2) is 59.6 Å². The number of benzene rings is 2. The molecule has 40 heavy (non-hydrogen) atoms. The number of anilines is 1. The number of hydrogen-bond donors (Lipinski definition) is 3. The molecule has 1 aromatic heterocycles. The summed E-state index contributed by atoms with van der Waals surface area (Å²) in [7, 11) is -3.48. The molecule has 1 aliphatic rings. The fourth-order valence-corrected chi connectivity index (χ4v) is 6.41. The zero-order valence-corrected chi connectivity index (χ0v) is 24.0. The Hall–Kier alpha value is -3.21. The molecule has 0 bridgehead atoms. The first-order chi connectivity index (χ1) is 19.1. The van der Waals surface area contributed by atoms with Crippen LogP contribution in [-0.4, -0.2) is 54.5 Å². The molecule has 1 unspecified atom stereocenters. The molecule has 0 radical (unpaired) electrons. The van der Waals surface area contributed by atoms with Gasteiger partial charge in [-0.3, -0.25) is 14.3 Å². The van der Waals surface area contributed by atoms with Gasteiger partial charge in [-0.2, -0.15) is 5.10 Å². The third kappa shape index (κ3) is 7.93. The lowest BCUT2D eigenvalue weighted by atomic mass is 9.87. The molecule has 1 aliphatic carbocycles. The number of halogens is 1. The lowest BCUT2D eigenvalue weighted by molar-refractivity contribution is -0.118. The average molecular weight is 587 g/mol. The molecule has 1 atom stereocenters. The normalized spacial score (nSPS) is 14.7. The van der Waals surface area contributed by atoms with Gasteiger partial charge in [0, 0.05) is 37.2 Å². The SMILES string of the molecule is CS(=O)(=O)c1ccc(C(CC2CCCC2)C(=O)Nc2ccn(Cc3ccc(C(=O)NCCCO)cc3)n2)cc1Cl. The van der Waals surface area contributed by atoms with Gasteiger partial charge in [-0.1, -0.05) is 55.5 Å². The van der Waals surface area contributed by atoms with E-state index in [0.717, 1.165) is 37.5 Å². The molecular formula is C29H35ClN4O5S. The van der Waals surface area contributed by atoms with Gasteiger partial charge in [0.25, 0.3) is 5.91 Å². The summed E-state index contributed by atoms with van der Waals surface area (Å²) in [5.74, 6) is -0.0580. The molecule has 3 N–H and O–H groups in total. The molecule has 0 spiro atoms. The van der Waals surface area contributed by atoms with Crippen LogP contribution in [-0.2, 0) is 21.2 Å². The summed E-state index contributed by atoms with van der Waals surface area (Å²) >= 11 is 6.32. The van der Waals surface area contributed by atoms with Crippen molar-refractivity contribution in [2.45, 2.75) is 55.9 Å². The predicted molar refractivity (Wildman–Crippen MR) is 154 cm³/mol. The van der Waals surface area contributed by atoms with Gasteiger partial charge in [0.05, 0.1) is 22.4 Å². The fraction of sp³-hybridized carbons (Fsp3) is 0.414. The van der Waals surface area contributed by atoms with Crippen LogP contribution in [0, 0.1) is 5.92 Å². The van der Waals surface area contributed by atoms with E-state index < -0.39 is 15.8 Å². The van der Waals surface area contributed by atoms with Crippen LogP contribution in [0.4, 0.5) is 5.82 Å². The highest BCUT2D eigenvalue weighted by Crippen LogP contribution is 2.36. The van der Waals surface area contributed by atoms with Crippen molar-refractivity contribution in [2.75, 3.05) is 24.7 Å². The summed E-state index contributed by atoms with van der Waals surface area (Å²) in [6.07, 6.45) is 8.47. The fourth-order valence-electron chi connectivity index (χ4n) is 5.07. The van der Waals surface area contributed by atoms with Gasteiger partial charge in [0.15, 0.2) is 15.7 Å². The maximum absolute atomic E-state index is 13.5. The van der Waals surface area contributed by atoms with Gasteiger partial charge in [0.2, 0.25) is 5.91 Å². The number of rotatable bonds is 12. The highest BCUT2D eigenvalue weighted by Gasteiger charge is 2.28. The molecular weight excluding hydrogens is 552 g/mol. The minimum atomic E-state index is -3.48. The van der Waals surface area contributed by atoms with Crippen molar-refractivity contribution in [1.82, 2.24) is 15.1 Å². The van der Waals surface area contributed by atoms with Crippen LogP contribution < -0.4 is 10.6 Å². The Balaban J connectivity index is 1.43. The topological polar surface area (TPSA) is 130 Å². The van der Waals surface area contributed by atoms with E-state index in [2.05, 4.69) is 15.7 Å². The van der Waals surface area contributed by atoms with Gasteiger partial charge in [-0.25, -0.2) is 8.42 Å². The molecule has 9 nitrogen and oxygen atoms in total. The lowest BCUT2D eigenvalue weighted by Gasteiger charge is -2.21.